The Morgan fingerprint density at radius 1 is 1.75 bits per heavy atom. The zero-order valence-electron chi connectivity index (χ0n) is 8.61. The van der Waals surface area contributed by atoms with E-state index >= 15 is 0 Å². The molecular weight excluding hydrogens is 246 g/mol. The van der Waals surface area contributed by atoms with E-state index in [0.717, 1.165) is 10.7 Å². The van der Waals surface area contributed by atoms with E-state index in [1.165, 1.54) is 17.4 Å². The molecule has 4 nitrogen and oxygen atoms in total. The molecule has 2 heterocycles. The van der Waals surface area contributed by atoms with E-state index in [4.69, 9.17) is 11.6 Å². The second-order valence-corrected chi connectivity index (χ2v) is 4.30. The summed E-state index contributed by atoms with van der Waals surface area (Å²) in [5.74, 6) is -0.135. The second kappa shape index (κ2) is 4.67. The lowest BCUT2D eigenvalue weighted by molar-refractivity contribution is -0.116. The average Bonchev–Trinajstić information content (AvgIpc) is 2.76. The molecule has 0 saturated heterocycles. The zero-order valence-corrected chi connectivity index (χ0v) is 10.2. The molecule has 2 aromatic rings. The monoisotopic (exact) mass is 255 g/mol. The first-order valence-electron chi connectivity index (χ1n) is 4.79. The maximum absolute atomic E-state index is 11.3. The van der Waals surface area contributed by atoms with Gasteiger partial charge in [-0.05, 0) is 13.0 Å². The number of halogens is 1. The van der Waals surface area contributed by atoms with Crippen molar-refractivity contribution in [1.82, 2.24) is 14.7 Å². The van der Waals surface area contributed by atoms with Crippen LogP contribution in [0.1, 0.15) is 12.6 Å². The summed E-state index contributed by atoms with van der Waals surface area (Å²) >= 11 is 7.46. The van der Waals surface area contributed by atoms with Crippen LogP contribution >= 0.6 is 22.9 Å². The maximum Gasteiger partial charge on any atom is 0.244 e. The van der Waals surface area contributed by atoms with Crippen molar-refractivity contribution >= 4 is 39.9 Å². The van der Waals surface area contributed by atoms with Crippen LogP contribution in [0, 0.1) is 0 Å². The molecule has 0 spiro atoms. The van der Waals surface area contributed by atoms with Gasteiger partial charge in [0.1, 0.15) is 0 Å². The van der Waals surface area contributed by atoms with Crippen molar-refractivity contribution in [2.75, 3.05) is 6.54 Å². The van der Waals surface area contributed by atoms with Gasteiger partial charge in [0.25, 0.3) is 0 Å². The fourth-order valence-electron chi connectivity index (χ4n) is 1.31. The summed E-state index contributed by atoms with van der Waals surface area (Å²) in [5, 5.41) is 5.00. The third kappa shape index (κ3) is 2.10. The average molecular weight is 256 g/mol. The highest BCUT2D eigenvalue weighted by molar-refractivity contribution is 7.15. The molecule has 0 atom stereocenters. The maximum atomic E-state index is 11.3. The van der Waals surface area contributed by atoms with E-state index in [-0.39, 0.29) is 5.91 Å². The SMILES string of the molecule is CCNC(=O)/C=C/c1c(Cl)nc2sccn12. The first-order valence-corrected chi connectivity index (χ1v) is 6.05. The van der Waals surface area contributed by atoms with E-state index in [1.54, 1.807) is 6.08 Å². The topological polar surface area (TPSA) is 46.4 Å². The largest absolute Gasteiger partial charge is 0.353 e. The van der Waals surface area contributed by atoms with E-state index in [9.17, 15) is 4.79 Å². The molecule has 2 rings (SSSR count). The summed E-state index contributed by atoms with van der Waals surface area (Å²) in [5.41, 5.74) is 0.726. The normalized spacial score (nSPS) is 11.4. The van der Waals surface area contributed by atoms with E-state index in [0.29, 0.717) is 11.7 Å². The summed E-state index contributed by atoms with van der Waals surface area (Å²) in [6.07, 6.45) is 4.99. The highest BCUT2D eigenvalue weighted by Crippen LogP contribution is 2.22. The number of fused-ring (bicyclic) bond motifs is 1. The fraction of sp³-hybridized carbons (Fsp3) is 0.200. The van der Waals surface area contributed by atoms with Crippen LogP contribution in [-0.4, -0.2) is 21.8 Å². The van der Waals surface area contributed by atoms with Gasteiger partial charge in [-0.25, -0.2) is 4.98 Å². The molecular formula is C10H10ClN3OS. The molecule has 0 aliphatic heterocycles. The van der Waals surface area contributed by atoms with Crippen molar-refractivity contribution in [3.8, 4) is 0 Å². The van der Waals surface area contributed by atoms with Crippen LogP contribution in [0.15, 0.2) is 17.7 Å². The Bertz CT molecular complexity index is 543. The Hall–Kier alpha value is -1.33. The van der Waals surface area contributed by atoms with E-state index < -0.39 is 0 Å². The van der Waals surface area contributed by atoms with Gasteiger partial charge in [-0.1, -0.05) is 11.6 Å². The van der Waals surface area contributed by atoms with Crippen molar-refractivity contribution in [3.05, 3.63) is 28.5 Å². The van der Waals surface area contributed by atoms with Gasteiger partial charge in [0.15, 0.2) is 10.1 Å². The first kappa shape index (κ1) is 11.2. The summed E-state index contributed by atoms with van der Waals surface area (Å²) in [4.78, 5) is 16.2. The van der Waals surface area contributed by atoms with Crippen molar-refractivity contribution in [1.29, 1.82) is 0 Å². The van der Waals surface area contributed by atoms with Crippen LogP contribution in [0.2, 0.25) is 5.15 Å². The quantitative estimate of drug-likeness (QED) is 0.855. The smallest absolute Gasteiger partial charge is 0.244 e. The lowest BCUT2D eigenvalue weighted by Gasteiger charge is -1.94. The molecule has 1 N–H and O–H groups in total. The van der Waals surface area contributed by atoms with Gasteiger partial charge in [0, 0.05) is 24.2 Å². The molecule has 0 aromatic carbocycles. The van der Waals surface area contributed by atoms with Crippen LogP contribution < -0.4 is 5.32 Å². The molecule has 0 aliphatic rings. The zero-order chi connectivity index (χ0) is 11.5. The van der Waals surface area contributed by atoms with Gasteiger partial charge >= 0.3 is 0 Å². The number of carbonyl (C=O) groups excluding carboxylic acids is 1. The number of thiazole rings is 1. The van der Waals surface area contributed by atoms with E-state index in [1.807, 2.05) is 22.9 Å². The van der Waals surface area contributed by atoms with Gasteiger partial charge in [0.05, 0.1) is 5.69 Å². The van der Waals surface area contributed by atoms with Crippen LogP contribution in [0.25, 0.3) is 11.0 Å². The minimum absolute atomic E-state index is 0.135. The number of carbonyl (C=O) groups is 1. The van der Waals surface area contributed by atoms with Crippen LogP contribution in [0.3, 0.4) is 0 Å². The highest BCUT2D eigenvalue weighted by atomic mass is 35.5. The number of nitrogens with one attached hydrogen (secondary N) is 1. The predicted molar refractivity (Wildman–Crippen MR) is 65.8 cm³/mol. The number of imidazole rings is 1. The van der Waals surface area contributed by atoms with Gasteiger partial charge in [-0.2, -0.15) is 0 Å². The molecule has 0 saturated carbocycles. The van der Waals surface area contributed by atoms with Crippen LogP contribution in [0.5, 0.6) is 0 Å². The number of hydrogen-bond acceptors (Lipinski definition) is 3. The number of hydrogen-bond donors (Lipinski definition) is 1. The minimum Gasteiger partial charge on any atom is -0.353 e. The van der Waals surface area contributed by atoms with Crippen LogP contribution in [-0.2, 0) is 4.79 Å². The Kier molecular flexibility index (Phi) is 3.26. The predicted octanol–water partition coefficient (Wildman–Crippen LogP) is 2.20. The van der Waals surface area contributed by atoms with E-state index in [2.05, 4.69) is 10.3 Å². The van der Waals surface area contributed by atoms with Crippen LogP contribution in [0.4, 0.5) is 0 Å². The molecule has 0 fully saturated rings. The number of rotatable bonds is 3. The molecule has 0 unspecified atom stereocenters. The van der Waals surface area contributed by atoms with Crippen molar-refractivity contribution in [2.45, 2.75) is 6.92 Å². The molecule has 0 bridgehead atoms. The summed E-state index contributed by atoms with van der Waals surface area (Å²) in [7, 11) is 0. The lowest BCUT2D eigenvalue weighted by atomic mass is 10.4. The third-order valence-electron chi connectivity index (χ3n) is 2.00. The third-order valence-corrected chi connectivity index (χ3v) is 3.03. The molecule has 16 heavy (non-hydrogen) atoms. The standard InChI is InChI=1S/C10H10ClN3OS/c1-2-12-8(15)4-3-7-9(11)13-10-14(7)5-6-16-10/h3-6H,2H2,1H3,(H,12,15)/b4-3+. The summed E-state index contributed by atoms with van der Waals surface area (Å²) in [6, 6.07) is 0. The molecule has 2 aromatic heterocycles. The number of amides is 1. The number of aromatic nitrogens is 2. The minimum atomic E-state index is -0.135. The molecule has 84 valence electrons. The highest BCUT2D eigenvalue weighted by Gasteiger charge is 2.08. The first-order chi connectivity index (χ1) is 7.72. The summed E-state index contributed by atoms with van der Waals surface area (Å²) < 4.78 is 1.85. The molecule has 0 radical (unpaired) electrons. The lowest BCUT2D eigenvalue weighted by Crippen LogP contribution is -2.19. The molecule has 0 aliphatic carbocycles. The Labute approximate surface area is 102 Å². The summed E-state index contributed by atoms with van der Waals surface area (Å²) in [6.45, 7) is 2.48. The Morgan fingerprint density at radius 2 is 2.56 bits per heavy atom. The van der Waals surface area contributed by atoms with Crippen molar-refractivity contribution in [2.24, 2.45) is 0 Å². The van der Waals surface area contributed by atoms with Crippen molar-refractivity contribution < 1.29 is 4.79 Å². The Balaban J connectivity index is 2.29. The van der Waals surface area contributed by atoms with Gasteiger partial charge in [0.2, 0.25) is 5.91 Å². The van der Waals surface area contributed by atoms with Gasteiger partial charge in [-0.3, -0.25) is 9.20 Å². The molecule has 6 heteroatoms. The number of nitrogens with zero attached hydrogens (tertiary/aromatic N) is 2. The second-order valence-electron chi connectivity index (χ2n) is 3.07. The fourth-order valence-corrected chi connectivity index (χ4v) is 2.32. The Morgan fingerprint density at radius 3 is 3.31 bits per heavy atom. The molecule has 1 amide bonds. The van der Waals surface area contributed by atoms with Gasteiger partial charge in [-0.15, -0.1) is 11.3 Å². The number of likely N-dealkylation sites (N-methyl/N-ethyl adjacent to an activating group) is 1. The van der Waals surface area contributed by atoms with Gasteiger partial charge < -0.3 is 5.32 Å². The van der Waals surface area contributed by atoms with Crippen molar-refractivity contribution in [3.63, 3.8) is 0 Å².